The number of para-hydroxylation sites is 4. The van der Waals surface area contributed by atoms with E-state index in [1.807, 2.05) is 18.2 Å². The minimum Gasteiger partial charge on any atom is -0.278 e. The van der Waals surface area contributed by atoms with Gasteiger partial charge < -0.3 is 0 Å². The Bertz CT molecular complexity index is 2990. The number of benzene rings is 7. The molecule has 240 valence electrons. The summed E-state index contributed by atoms with van der Waals surface area (Å²) < 4.78 is 4.40. The summed E-state index contributed by atoms with van der Waals surface area (Å²) in [5, 5.41) is 9.18. The summed E-state index contributed by atoms with van der Waals surface area (Å²) in [5.41, 5.74) is 6.17. The lowest BCUT2D eigenvalue weighted by Crippen LogP contribution is -2.11. The third-order valence-corrected chi connectivity index (χ3v) is 9.89. The number of hydrogen-bond donors (Lipinski definition) is 0. The molecule has 0 aliphatic carbocycles. The third kappa shape index (κ3) is 4.67. The van der Waals surface area contributed by atoms with Crippen LogP contribution in [0.4, 0.5) is 0 Å². The predicted octanol–water partition coefficient (Wildman–Crippen LogP) is 11.5. The van der Waals surface area contributed by atoms with Crippen LogP contribution in [0.15, 0.2) is 170 Å². The molecule has 0 aliphatic rings. The van der Waals surface area contributed by atoms with E-state index in [9.17, 15) is 0 Å². The maximum Gasteiger partial charge on any atom is 0.240 e. The van der Waals surface area contributed by atoms with E-state index in [-0.39, 0.29) is 0 Å². The van der Waals surface area contributed by atoms with Gasteiger partial charge in [0, 0.05) is 27.1 Å². The molecule has 0 radical (unpaired) electrons. The minimum absolute atomic E-state index is 0.536. The highest BCUT2D eigenvalue weighted by Gasteiger charge is 2.19. The zero-order chi connectivity index (χ0) is 33.9. The quantitative estimate of drug-likeness (QED) is 0.191. The first-order valence-corrected chi connectivity index (χ1v) is 17.2. The Morgan fingerprint density at radius 1 is 0.333 bits per heavy atom. The Morgan fingerprint density at radius 2 is 0.706 bits per heavy atom. The maximum absolute atomic E-state index is 5.42. The number of aromatic nitrogens is 5. The van der Waals surface area contributed by atoms with E-state index in [1.54, 1.807) is 0 Å². The summed E-state index contributed by atoms with van der Waals surface area (Å²) in [6, 6.07) is 59.8. The van der Waals surface area contributed by atoms with Crippen LogP contribution in [0.5, 0.6) is 0 Å². The van der Waals surface area contributed by atoms with Crippen molar-refractivity contribution in [1.29, 1.82) is 0 Å². The molecule has 0 saturated carbocycles. The molecule has 0 saturated heterocycles. The molecule has 3 heterocycles. The van der Waals surface area contributed by atoms with Crippen molar-refractivity contribution >= 4 is 65.2 Å². The van der Waals surface area contributed by atoms with Crippen LogP contribution < -0.4 is 0 Å². The van der Waals surface area contributed by atoms with Gasteiger partial charge in [0.15, 0.2) is 5.82 Å². The second kappa shape index (κ2) is 11.6. The molecule has 0 unspecified atom stereocenters. The second-order valence-electron chi connectivity index (χ2n) is 13.0. The molecule has 7 aromatic carbocycles. The van der Waals surface area contributed by atoms with Crippen molar-refractivity contribution in [3.05, 3.63) is 175 Å². The standard InChI is InChI=1S/C46H31N5/c1-30-27-28-34-32-17-5-6-18-33(32)35-19-7-11-23-40(35)50(43-26-14-10-22-38(43)39(34)29-30)45-47-44(31-15-3-2-4-16-31)48-46(49-45)51-41-24-12-8-20-36(41)37-21-9-13-25-42(37)51/h2-29H,1H3. The molecule has 5 heteroatoms. The molecule has 0 N–H and O–H groups in total. The van der Waals surface area contributed by atoms with Gasteiger partial charge in [-0.2, -0.15) is 15.0 Å². The Morgan fingerprint density at radius 3 is 1.22 bits per heavy atom. The van der Waals surface area contributed by atoms with Gasteiger partial charge in [0.1, 0.15) is 0 Å². The lowest BCUT2D eigenvalue weighted by molar-refractivity contribution is 0.891. The van der Waals surface area contributed by atoms with E-state index in [1.165, 1.54) is 16.3 Å². The topological polar surface area (TPSA) is 48.5 Å². The van der Waals surface area contributed by atoms with Gasteiger partial charge >= 0.3 is 0 Å². The van der Waals surface area contributed by atoms with E-state index in [0.29, 0.717) is 17.7 Å². The normalized spacial score (nSPS) is 11.6. The number of nitrogens with zero attached hydrogens (tertiary/aromatic N) is 5. The van der Waals surface area contributed by atoms with Crippen molar-refractivity contribution in [1.82, 2.24) is 24.1 Å². The minimum atomic E-state index is 0.536. The van der Waals surface area contributed by atoms with Crippen LogP contribution in [-0.2, 0) is 0 Å². The lowest BCUT2D eigenvalue weighted by Gasteiger charge is -2.15. The van der Waals surface area contributed by atoms with Crippen molar-refractivity contribution in [2.45, 2.75) is 6.92 Å². The van der Waals surface area contributed by atoms with Crippen molar-refractivity contribution in [2.75, 3.05) is 0 Å². The van der Waals surface area contributed by atoms with E-state index in [4.69, 9.17) is 15.0 Å². The first kappa shape index (κ1) is 29.1. The number of hydrogen-bond acceptors (Lipinski definition) is 3. The van der Waals surface area contributed by atoms with Gasteiger partial charge in [-0.05, 0) is 52.7 Å². The zero-order valence-electron chi connectivity index (χ0n) is 27.9. The van der Waals surface area contributed by atoms with Gasteiger partial charge in [-0.3, -0.25) is 9.13 Å². The smallest absolute Gasteiger partial charge is 0.240 e. The SMILES string of the molecule is Cc1ccc2c3ccccc3c3ccccc3n(-c3nc(-c4ccccc4)nc(-n4c5ccccc5c5ccccc54)n3)c3ccccc3c2c1. The highest BCUT2D eigenvalue weighted by atomic mass is 15.3. The first-order chi connectivity index (χ1) is 25.2. The maximum atomic E-state index is 5.42. The molecule has 3 aromatic heterocycles. The molecule has 5 nitrogen and oxygen atoms in total. The summed E-state index contributed by atoms with van der Waals surface area (Å²) in [6.07, 6.45) is 0. The molecule has 0 amide bonds. The van der Waals surface area contributed by atoms with E-state index >= 15 is 0 Å². The van der Waals surface area contributed by atoms with Gasteiger partial charge in [0.25, 0.3) is 0 Å². The van der Waals surface area contributed by atoms with Gasteiger partial charge in [-0.1, -0.05) is 151 Å². The van der Waals surface area contributed by atoms with Crippen molar-refractivity contribution in [3.63, 3.8) is 0 Å². The highest BCUT2D eigenvalue weighted by molar-refractivity contribution is 6.19. The van der Waals surface area contributed by atoms with Gasteiger partial charge in [-0.15, -0.1) is 0 Å². The fourth-order valence-corrected chi connectivity index (χ4v) is 7.61. The summed E-state index contributed by atoms with van der Waals surface area (Å²) in [6.45, 7) is 2.16. The molecule has 0 aliphatic heterocycles. The van der Waals surface area contributed by atoms with Crippen molar-refractivity contribution < 1.29 is 0 Å². The number of fused-ring (bicyclic) bond motifs is 10. The van der Waals surface area contributed by atoms with Crippen LogP contribution in [0.1, 0.15) is 5.56 Å². The fourth-order valence-electron chi connectivity index (χ4n) is 7.61. The Labute approximate surface area is 294 Å². The first-order valence-electron chi connectivity index (χ1n) is 17.2. The van der Waals surface area contributed by atoms with Crippen LogP contribution in [0.3, 0.4) is 0 Å². The third-order valence-electron chi connectivity index (χ3n) is 9.89. The second-order valence-corrected chi connectivity index (χ2v) is 13.0. The Kier molecular flexibility index (Phi) is 6.64. The number of aryl methyl sites for hydroxylation is 1. The lowest BCUT2D eigenvalue weighted by atomic mass is 10.00. The average molecular weight is 654 g/mol. The molecular formula is C46H31N5. The van der Waals surface area contributed by atoms with Crippen LogP contribution in [0.2, 0.25) is 0 Å². The molecule has 0 fully saturated rings. The van der Waals surface area contributed by atoms with E-state index in [2.05, 4.69) is 168 Å². The van der Waals surface area contributed by atoms with Crippen LogP contribution in [0.25, 0.3) is 88.4 Å². The van der Waals surface area contributed by atoms with Gasteiger partial charge in [-0.25, -0.2) is 0 Å². The largest absolute Gasteiger partial charge is 0.278 e. The summed E-state index contributed by atoms with van der Waals surface area (Å²) in [4.78, 5) is 16.0. The zero-order valence-corrected chi connectivity index (χ0v) is 27.9. The fraction of sp³-hybridized carbons (Fsp3) is 0.0217. The van der Waals surface area contributed by atoms with Gasteiger partial charge in [0.05, 0.1) is 22.1 Å². The molecule has 0 atom stereocenters. The van der Waals surface area contributed by atoms with E-state index in [0.717, 1.165) is 59.9 Å². The highest BCUT2D eigenvalue weighted by Crippen LogP contribution is 2.35. The molecule has 0 spiro atoms. The molecular weight excluding hydrogens is 623 g/mol. The van der Waals surface area contributed by atoms with Gasteiger partial charge in [0.2, 0.25) is 11.9 Å². The molecule has 10 aromatic rings. The van der Waals surface area contributed by atoms with Crippen LogP contribution >= 0.6 is 0 Å². The summed E-state index contributed by atoms with van der Waals surface area (Å²) in [5.74, 6) is 1.70. The van der Waals surface area contributed by atoms with Crippen molar-refractivity contribution in [2.24, 2.45) is 0 Å². The van der Waals surface area contributed by atoms with Crippen LogP contribution in [0, 0.1) is 6.92 Å². The Balaban J connectivity index is 1.45. The predicted molar refractivity (Wildman–Crippen MR) is 211 cm³/mol. The average Bonchev–Trinajstić information content (AvgIpc) is 3.54. The molecule has 51 heavy (non-hydrogen) atoms. The summed E-state index contributed by atoms with van der Waals surface area (Å²) in [7, 11) is 0. The van der Waals surface area contributed by atoms with Crippen LogP contribution in [-0.4, -0.2) is 24.1 Å². The molecule has 10 rings (SSSR count). The number of rotatable bonds is 3. The van der Waals surface area contributed by atoms with Crippen molar-refractivity contribution in [3.8, 4) is 23.3 Å². The summed E-state index contributed by atoms with van der Waals surface area (Å²) >= 11 is 0. The Hall–Kier alpha value is -6.85. The monoisotopic (exact) mass is 653 g/mol. The molecule has 0 bridgehead atoms. The van der Waals surface area contributed by atoms with E-state index < -0.39 is 0 Å².